The number of carbonyl (C=O) groups is 4. The molecule has 8 heteroatoms. The molecule has 0 aliphatic carbocycles. The number of hydrogen-bond donors (Lipinski definition) is 0. The van der Waals surface area contributed by atoms with Crippen molar-refractivity contribution in [1.82, 2.24) is 0 Å². The molecule has 0 fully saturated rings. The summed E-state index contributed by atoms with van der Waals surface area (Å²) in [6.07, 6.45) is 0. The molecule has 0 spiro atoms. The van der Waals surface area contributed by atoms with Gasteiger partial charge in [0.2, 0.25) is 0 Å². The van der Waals surface area contributed by atoms with Gasteiger partial charge in [-0.25, -0.2) is 9.59 Å². The predicted molar refractivity (Wildman–Crippen MR) is 118 cm³/mol. The van der Waals surface area contributed by atoms with Gasteiger partial charge in [0.1, 0.15) is 13.2 Å². The highest BCUT2D eigenvalue weighted by Crippen LogP contribution is 2.23. The van der Waals surface area contributed by atoms with E-state index in [4.69, 9.17) is 32.7 Å². The van der Waals surface area contributed by atoms with E-state index in [1.54, 1.807) is 48.5 Å². The van der Waals surface area contributed by atoms with Crippen LogP contribution in [0.2, 0.25) is 0 Å². The maximum absolute atomic E-state index is 12.6. The van der Waals surface area contributed by atoms with E-state index in [-0.39, 0.29) is 35.5 Å². The van der Waals surface area contributed by atoms with Gasteiger partial charge in [0.05, 0.1) is 11.1 Å². The average molecular weight is 471 g/mol. The highest BCUT2D eigenvalue weighted by molar-refractivity contribution is 6.69. The van der Waals surface area contributed by atoms with Crippen LogP contribution in [0.25, 0.3) is 0 Å². The van der Waals surface area contributed by atoms with Crippen LogP contribution in [0.5, 0.6) is 0 Å². The van der Waals surface area contributed by atoms with Gasteiger partial charge in [0.25, 0.3) is 10.5 Å². The number of ether oxygens (including phenoxy) is 2. The maximum Gasteiger partial charge on any atom is 0.339 e. The molecule has 162 valence electrons. The minimum atomic E-state index is -1.01. The number of rotatable bonds is 8. The van der Waals surface area contributed by atoms with Crippen molar-refractivity contribution in [3.05, 3.63) is 106 Å². The topological polar surface area (TPSA) is 86.7 Å². The number of esters is 2. The molecular weight excluding hydrogens is 455 g/mol. The molecular formula is C24H16Cl2O6. The molecule has 0 aromatic heterocycles. The Labute approximate surface area is 193 Å². The SMILES string of the molecule is O=C(Cl)c1cc(C(=O)OCc2ccccc2)c(C(=O)Cl)cc1C(=O)OCc1ccccc1. The summed E-state index contributed by atoms with van der Waals surface area (Å²) in [7, 11) is 0. The van der Waals surface area contributed by atoms with Crippen LogP contribution in [0.3, 0.4) is 0 Å². The zero-order chi connectivity index (χ0) is 23.1. The second-order valence-corrected chi connectivity index (χ2v) is 7.30. The molecule has 3 aromatic rings. The highest BCUT2D eigenvalue weighted by atomic mass is 35.5. The van der Waals surface area contributed by atoms with Crippen molar-refractivity contribution in [1.29, 1.82) is 0 Å². The Kier molecular flexibility index (Phi) is 7.76. The summed E-state index contributed by atoms with van der Waals surface area (Å²) >= 11 is 11.3. The summed E-state index contributed by atoms with van der Waals surface area (Å²) in [5.74, 6) is -1.80. The lowest BCUT2D eigenvalue weighted by molar-refractivity contribution is 0.0456. The molecule has 0 amide bonds. The van der Waals surface area contributed by atoms with Crippen LogP contribution in [0, 0.1) is 0 Å². The number of halogens is 2. The second-order valence-electron chi connectivity index (χ2n) is 6.61. The fourth-order valence-corrected chi connectivity index (χ4v) is 3.18. The van der Waals surface area contributed by atoms with Gasteiger partial charge in [0.15, 0.2) is 0 Å². The van der Waals surface area contributed by atoms with Crippen molar-refractivity contribution < 1.29 is 28.7 Å². The Morgan fingerprint density at radius 1 is 0.562 bits per heavy atom. The van der Waals surface area contributed by atoms with E-state index in [1.165, 1.54) is 0 Å². The minimum absolute atomic E-state index is 0.0688. The van der Waals surface area contributed by atoms with E-state index in [0.717, 1.165) is 12.1 Å². The van der Waals surface area contributed by atoms with Gasteiger partial charge in [-0.3, -0.25) is 9.59 Å². The summed E-state index contributed by atoms with van der Waals surface area (Å²) in [4.78, 5) is 49.1. The number of carbonyl (C=O) groups excluding carboxylic acids is 4. The molecule has 3 rings (SSSR count). The Morgan fingerprint density at radius 3 is 1.22 bits per heavy atom. The molecule has 0 atom stereocenters. The third kappa shape index (κ3) is 5.81. The van der Waals surface area contributed by atoms with Crippen LogP contribution in [-0.4, -0.2) is 22.4 Å². The third-order valence-corrected chi connectivity index (χ3v) is 4.85. The number of benzene rings is 3. The fourth-order valence-electron chi connectivity index (χ4n) is 2.86. The monoisotopic (exact) mass is 470 g/mol. The lowest BCUT2D eigenvalue weighted by Gasteiger charge is -2.12. The van der Waals surface area contributed by atoms with Gasteiger partial charge >= 0.3 is 11.9 Å². The first-order valence-corrected chi connectivity index (χ1v) is 10.1. The molecule has 32 heavy (non-hydrogen) atoms. The van der Waals surface area contributed by atoms with E-state index >= 15 is 0 Å². The van der Waals surface area contributed by atoms with E-state index in [9.17, 15) is 19.2 Å². The van der Waals surface area contributed by atoms with Crippen molar-refractivity contribution in [2.75, 3.05) is 0 Å². The molecule has 6 nitrogen and oxygen atoms in total. The summed E-state index contributed by atoms with van der Waals surface area (Å²) in [6, 6.07) is 19.7. The van der Waals surface area contributed by atoms with Gasteiger partial charge < -0.3 is 9.47 Å². The Morgan fingerprint density at radius 2 is 0.906 bits per heavy atom. The molecule has 3 aromatic carbocycles. The Balaban J connectivity index is 1.89. The standard InChI is InChI=1S/C24H16Cl2O6/c25-21(27)17-12-20(24(30)32-14-16-9-5-2-6-10-16)18(22(26)28)11-19(17)23(29)31-13-15-7-3-1-4-8-15/h1-12H,13-14H2. The fraction of sp³-hybridized carbons (Fsp3) is 0.0833. The lowest BCUT2D eigenvalue weighted by atomic mass is 9.99. The zero-order valence-electron chi connectivity index (χ0n) is 16.5. The molecule has 0 unspecified atom stereocenters. The van der Waals surface area contributed by atoms with Crippen LogP contribution < -0.4 is 0 Å². The summed E-state index contributed by atoms with van der Waals surface area (Å²) in [6.45, 7) is -0.138. The maximum atomic E-state index is 12.6. The molecule has 0 saturated heterocycles. The zero-order valence-corrected chi connectivity index (χ0v) is 18.1. The van der Waals surface area contributed by atoms with Crippen LogP contribution in [0.4, 0.5) is 0 Å². The molecule has 0 aliphatic heterocycles. The predicted octanol–water partition coefficient (Wildman–Crippen LogP) is 5.16. The largest absolute Gasteiger partial charge is 0.457 e. The van der Waals surface area contributed by atoms with E-state index < -0.39 is 22.4 Å². The van der Waals surface area contributed by atoms with E-state index in [1.807, 2.05) is 12.1 Å². The third-order valence-electron chi connectivity index (χ3n) is 4.45. The number of hydrogen-bond acceptors (Lipinski definition) is 6. The van der Waals surface area contributed by atoms with Crippen LogP contribution in [0.1, 0.15) is 52.6 Å². The van der Waals surface area contributed by atoms with Crippen molar-refractivity contribution in [3.8, 4) is 0 Å². The van der Waals surface area contributed by atoms with E-state index in [2.05, 4.69) is 0 Å². The summed E-state index contributed by atoms with van der Waals surface area (Å²) in [5, 5.41) is -2.02. The molecule has 0 N–H and O–H groups in total. The average Bonchev–Trinajstić information content (AvgIpc) is 2.81. The van der Waals surface area contributed by atoms with Gasteiger partial charge in [0, 0.05) is 11.1 Å². The molecule has 0 radical (unpaired) electrons. The lowest BCUT2D eigenvalue weighted by Crippen LogP contribution is -2.16. The smallest absolute Gasteiger partial charge is 0.339 e. The first-order valence-electron chi connectivity index (χ1n) is 9.36. The quantitative estimate of drug-likeness (QED) is 0.333. The molecule has 0 heterocycles. The Hall–Kier alpha value is -3.48. The first kappa shape index (κ1) is 23.2. The van der Waals surface area contributed by atoms with Crippen LogP contribution in [0.15, 0.2) is 72.8 Å². The summed E-state index contributed by atoms with van der Waals surface area (Å²) < 4.78 is 10.5. The van der Waals surface area contributed by atoms with Gasteiger partial charge in [-0.2, -0.15) is 0 Å². The molecule has 0 aliphatic rings. The first-order chi connectivity index (χ1) is 15.4. The van der Waals surface area contributed by atoms with Crippen LogP contribution in [-0.2, 0) is 22.7 Å². The minimum Gasteiger partial charge on any atom is -0.457 e. The van der Waals surface area contributed by atoms with E-state index in [0.29, 0.717) is 11.1 Å². The van der Waals surface area contributed by atoms with Crippen LogP contribution >= 0.6 is 23.2 Å². The molecule has 0 saturated carbocycles. The molecule has 0 bridgehead atoms. The summed E-state index contributed by atoms with van der Waals surface area (Å²) in [5.41, 5.74) is 0.244. The van der Waals surface area contributed by atoms with Gasteiger partial charge in [-0.15, -0.1) is 0 Å². The normalized spacial score (nSPS) is 10.3. The highest BCUT2D eigenvalue weighted by Gasteiger charge is 2.26. The second kappa shape index (κ2) is 10.7. The van der Waals surface area contributed by atoms with Crippen molar-refractivity contribution >= 4 is 45.6 Å². The van der Waals surface area contributed by atoms with Gasteiger partial charge in [-0.1, -0.05) is 60.7 Å². The van der Waals surface area contributed by atoms with Crippen molar-refractivity contribution in [2.45, 2.75) is 13.2 Å². The van der Waals surface area contributed by atoms with Gasteiger partial charge in [-0.05, 0) is 46.5 Å². The van der Waals surface area contributed by atoms with Crippen molar-refractivity contribution in [2.24, 2.45) is 0 Å². The van der Waals surface area contributed by atoms with Crippen molar-refractivity contribution in [3.63, 3.8) is 0 Å². The Bertz CT molecular complexity index is 1070.